The maximum absolute atomic E-state index is 13.5. The van der Waals surface area contributed by atoms with Crippen molar-refractivity contribution in [2.24, 2.45) is 0 Å². The van der Waals surface area contributed by atoms with Gasteiger partial charge in [0.05, 0.1) is 20.0 Å². The van der Waals surface area contributed by atoms with Crippen LogP contribution in [0.5, 0.6) is 5.75 Å². The van der Waals surface area contributed by atoms with Crippen molar-refractivity contribution in [3.8, 4) is 5.75 Å². The lowest BCUT2D eigenvalue weighted by molar-refractivity contribution is -0.133. The minimum atomic E-state index is -1.06. The quantitative estimate of drug-likeness (QED) is 0.571. The third-order valence-electron chi connectivity index (χ3n) is 6.75. The van der Waals surface area contributed by atoms with Gasteiger partial charge in [-0.25, -0.2) is 4.98 Å². The van der Waals surface area contributed by atoms with Crippen LogP contribution in [0.4, 0.5) is 0 Å². The van der Waals surface area contributed by atoms with E-state index in [0.717, 1.165) is 35.7 Å². The van der Waals surface area contributed by atoms with Gasteiger partial charge in [-0.15, -0.1) is 0 Å². The molecule has 1 aromatic heterocycles. The zero-order valence-electron chi connectivity index (χ0n) is 19.7. The van der Waals surface area contributed by atoms with Gasteiger partial charge in [0.15, 0.2) is 5.69 Å². The second-order valence-corrected chi connectivity index (χ2v) is 9.90. The van der Waals surface area contributed by atoms with E-state index in [9.17, 15) is 14.4 Å². The first kappa shape index (κ1) is 24.3. The monoisotopic (exact) mass is 531 g/mol. The topological polar surface area (TPSA) is 106 Å². The van der Waals surface area contributed by atoms with Crippen molar-refractivity contribution in [3.63, 3.8) is 0 Å². The van der Waals surface area contributed by atoms with Gasteiger partial charge in [0, 0.05) is 29.2 Å². The lowest BCUT2D eigenvalue weighted by atomic mass is 9.94. The van der Waals surface area contributed by atoms with Gasteiger partial charge in [-0.3, -0.25) is 14.4 Å². The molecule has 2 aromatic rings. The minimum absolute atomic E-state index is 0.0515. The SMILES string of the molecule is CCN1C(=O)c2c(C(=O)NCc3cc(Br)ccc3OC)ncn2C[C@@]1(C)C(=O)NC1CCCC1. The molecule has 1 atom stereocenters. The zero-order chi connectivity index (χ0) is 24.5. The first-order chi connectivity index (χ1) is 16.3. The molecule has 1 fully saturated rings. The summed E-state index contributed by atoms with van der Waals surface area (Å²) in [6.07, 6.45) is 5.61. The number of rotatable bonds is 7. The Balaban J connectivity index is 1.55. The number of imidazole rings is 1. The predicted molar refractivity (Wildman–Crippen MR) is 130 cm³/mol. The van der Waals surface area contributed by atoms with Crippen LogP contribution in [0.25, 0.3) is 0 Å². The summed E-state index contributed by atoms with van der Waals surface area (Å²) in [6.45, 7) is 4.40. The molecule has 2 heterocycles. The fourth-order valence-corrected chi connectivity index (χ4v) is 5.31. The fourth-order valence-electron chi connectivity index (χ4n) is 4.90. The number of fused-ring (bicyclic) bond motifs is 1. The molecule has 1 aliphatic carbocycles. The van der Waals surface area contributed by atoms with Crippen molar-refractivity contribution in [1.82, 2.24) is 25.1 Å². The Hall–Kier alpha value is -2.88. The highest BCUT2D eigenvalue weighted by Gasteiger charge is 2.48. The van der Waals surface area contributed by atoms with Crippen LogP contribution in [0.3, 0.4) is 0 Å². The third kappa shape index (κ3) is 4.43. The Morgan fingerprint density at radius 1 is 1.29 bits per heavy atom. The molecule has 182 valence electrons. The van der Waals surface area contributed by atoms with Gasteiger partial charge in [-0.2, -0.15) is 0 Å². The number of nitrogens with zero attached hydrogens (tertiary/aromatic N) is 3. The van der Waals surface area contributed by atoms with E-state index in [1.54, 1.807) is 23.5 Å². The van der Waals surface area contributed by atoms with E-state index in [4.69, 9.17) is 4.74 Å². The van der Waals surface area contributed by atoms with E-state index in [2.05, 4.69) is 31.5 Å². The number of carbonyl (C=O) groups excluding carboxylic acids is 3. The predicted octanol–water partition coefficient (Wildman–Crippen LogP) is 2.88. The number of nitrogens with one attached hydrogen (secondary N) is 2. The zero-order valence-corrected chi connectivity index (χ0v) is 21.3. The average molecular weight is 532 g/mol. The van der Waals surface area contributed by atoms with Crippen LogP contribution < -0.4 is 15.4 Å². The smallest absolute Gasteiger partial charge is 0.273 e. The van der Waals surface area contributed by atoms with E-state index in [1.165, 1.54) is 6.33 Å². The molecule has 0 saturated heterocycles. The van der Waals surface area contributed by atoms with Gasteiger partial charge < -0.3 is 24.8 Å². The molecular formula is C24H30BrN5O4. The van der Waals surface area contributed by atoms with Crippen LogP contribution in [0, 0.1) is 0 Å². The van der Waals surface area contributed by atoms with Gasteiger partial charge in [0.1, 0.15) is 17.0 Å². The Kier molecular flexibility index (Phi) is 6.97. The summed E-state index contributed by atoms with van der Waals surface area (Å²) in [7, 11) is 1.57. The van der Waals surface area contributed by atoms with Crippen molar-refractivity contribution in [2.45, 2.75) is 64.2 Å². The summed E-state index contributed by atoms with van der Waals surface area (Å²) in [6, 6.07) is 5.68. The number of benzene rings is 1. The van der Waals surface area contributed by atoms with E-state index < -0.39 is 11.4 Å². The molecule has 0 spiro atoms. The van der Waals surface area contributed by atoms with Crippen LogP contribution in [0.1, 0.15) is 66.1 Å². The van der Waals surface area contributed by atoms with Crippen LogP contribution >= 0.6 is 15.9 Å². The van der Waals surface area contributed by atoms with Crippen LogP contribution in [-0.4, -0.2) is 57.4 Å². The second kappa shape index (κ2) is 9.77. The minimum Gasteiger partial charge on any atom is -0.496 e. The fraction of sp³-hybridized carbons (Fsp3) is 0.500. The number of hydrogen-bond acceptors (Lipinski definition) is 5. The summed E-state index contributed by atoms with van der Waals surface area (Å²) >= 11 is 3.43. The molecule has 1 aromatic carbocycles. The first-order valence-electron chi connectivity index (χ1n) is 11.6. The molecule has 34 heavy (non-hydrogen) atoms. The van der Waals surface area contributed by atoms with Crippen molar-refractivity contribution < 1.29 is 19.1 Å². The van der Waals surface area contributed by atoms with Gasteiger partial charge >= 0.3 is 0 Å². The highest BCUT2D eigenvalue weighted by Crippen LogP contribution is 2.30. The molecule has 0 unspecified atom stereocenters. The molecule has 2 aliphatic rings. The number of aromatic nitrogens is 2. The van der Waals surface area contributed by atoms with E-state index in [1.807, 2.05) is 25.1 Å². The molecule has 2 N–H and O–H groups in total. The summed E-state index contributed by atoms with van der Waals surface area (Å²) in [4.78, 5) is 45.5. The molecule has 1 aliphatic heterocycles. The van der Waals surface area contributed by atoms with Crippen molar-refractivity contribution >= 4 is 33.7 Å². The highest BCUT2D eigenvalue weighted by molar-refractivity contribution is 9.10. The Labute approximate surface area is 207 Å². The Bertz CT molecular complexity index is 1110. The molecule has 4 rings (SSSR count). The van der Waals surface area contributed by atoms with Crippen LogP contribution in [-0.2, 0) is 17.9 Å². The molecule has 0 bridgehead atoms. The first-order valence-corrected chi connectivity index (χ1v) is 12.4. The largest absolute Gasteiger partial charge is 0.496 e. The maximum Gasteiger partial charge on any atom is 0.273 e. The molecule has 3 amide bonds. The van der Waals surface area contributed by atoms with Crippen LogP contribution in [0.2, 0.25) is 0 Å². The van der Waals surface area contributed by atoms with E-state index in [-0.39, 0.29) is 42.3 Å². The Morgan fingerprint density at radius 2 is 2.03 bits per heavy atom. The molecule has 0 radical (unpaired) electrons. The van der Waals surface area contributed by atoms with Gasteiger partial charge in [0.25, 0.3) is 11.8 Å². The molecule has 1 saturated carbocycles. The maximum atomic E-state index is 13.5. The lowest BCUT2D eigenvalue weighted by Crippen LogP contribution is -2.64. The van der Waals surface area contributed by atoms with Gasteiger partial charge in [-0.1, -0.05) is 28.8 Å². The van der Waals surface area contributed by atoms with Crippen molar-refractivity contribution in [2.75, 3.05) is 13.7 Å². The summed E-state index contributed by atoms with van der Waals surface area (Å²) in [5.74, 6) is -0.353. The van der Waals surface area contributed by atoms with E-state index >= 15 is 0 Å². The number of amides is 3. The van der Waals surface area contributed by atoms with Gasteiger partial charge in [-0.05, 0) is 44.9 Å². The number of methoxy groups -OCH3 is 1. The molecular weight excluding hydrogens is 502 g/mol. The average Bonchev–Trinajstić information content (AvgIpc) is 3.47. The second-order valence-electron chi connectivity index (χ2n) is 8.99. The summed E-state index contributed by atoms with van der Waals surface area (Å²) < 4.78 is 7.85. The number of ether oxygens (including phenoxy) is 1. The number of carbonyl (C=O) groups is 3. The number of hydrogen-bond donors (Lipinski definition) is 2. The number of likely N-dealkylation sites (N-methyl/N-ethyl adjacent to an activating group) is 1. The number of halogens is 1. The third-order valence-corrected chi connectivity index (χ3v) is 7.25. The van der Waals surface area contributed by atoms with Crippen molar-refractivity contribution in [1.29, 1.82) is 0 Å². The van der Waals surface area contributed by atoms with Crippen molar-refractivity contribution in [3.05, 3.63) is 46.0 Å². The molecule has 10 heteroatoms. The lowest BCUT2D eigenvalue weighted by Gasteiger charge is -2.43. The standard InChI is InChI=1S/C24H30BrN5O4/c1-4-30-22(32)20-19(21(31)26-12-15-11-16(25)9-10-18(15)34-3)27-14-29(20)13-24(30,2)23(33)28-17-7-5-6-8-17/h9-11,14,17H,4-8,12-13H2,1-3H3,(H,26,31)(H,28,33)/t24-/m0/s1. The van der Waals surface area contributed by atoms with E-state index in [0.29, 0.717) is 12.3 Å². The van der Waals surface area contributed by atoms with Crippen LogP contribution in [0.15, 0.2) is 29.0 Å². The summed E-state index contributed by atoms with van der Waals surface area (Å²) in [5, 5.41) is 5.96. The summed E-state index contributed by atoms with van der Waals surface area (Å²) in [5.41, 5.74) is -0.0159. The van der Waals surface area contributed by atoms with Gasteiger partial charge in [0.2, 0.25) is 5.91 Å². The molecule has 9 nitrogen and oxygen atoms in total. The normalized spacial score (nSPS) is 20.2. The highest BCUT2D eigenvalue weighted by atomic mass is 79.9. The Morgan fingerprint density at radius 3 is 2.71 bits per heavy atom.